The van der Waals surface area contributed by atoms with Crippen LogP contribution in [0.25, 0.3) is 0 Å². The minimum Gasteiger partial charge on any atom is -0.374 e. The smallest absolute Gasteiger partial charge is 0.0850 e. The molecule has 3 atom stereocenters. The normalized spacial score (nSPS) is 32.6. The van der Waals surface area contributed by atoms with Crippen LogP contribution in [0.1, 0.15) is 59.3 Å². The minimum atomic E-state index is -0.0167. The van der Waals surface area contributed by atoms with E-state index in [1.54, 1.807) is 0 Å². The molecule has 0 bridgehead atoms. The first kappa shape index (κ1) is 13.9. The number of ether oxygens (including phenoxy) is 1. The second kappa shape index (κ2) is 6.58. The Kier molecular flexibility index (Phi) is 5.73. The Bertz CT molecular complexity index is 194. The molecule has 1 aliphatic carbocycles. The molecular formula is C13H28N2O. The summed E-state index contributed by atoms with van der Waals surface area (Å²) in [6.45, 7) is 7.40. The van der Waals surface area contributed by atoms with Crippen LogP contribution in [0.3, 0.4) is 0 Å². The fourth-order valence-corrected chi connectivity index (χ4v) is 3.17. The Morgan fingerprint density at radius 2 is 2.25 bits per heavy atom. The van der Waals surface area contributed by atoms with E-state index in [9.17, 15) is 0 Å². The van der Waals surface area contributed by atoms with Gasteiger partial charge in [0.1, 0.15) is 0 Å². The van der Waals surface area contributed by atoms with Gasteiger partial charge in [-0.25, -0.2) is 0 Å². The summed E-state index contributed by atoms with van der Waals surface area (Å²) in [4.78, 5) is 0. The Balaban J connectivity index is 2.75. The van der Waals surface area contributed by atoms with Crippen LogP contribution in [0.5, 0.6) is 0 Å². The molecular weight excluding hydrogens is 200 g/mol. The minimum absolute atomic E-state index is 0.0167. The molecule has 0 heterocycles. The third kappa shape index (κ3) is 3.19. The van der Waals surface area contributed by atoms with E-state index < -0.39 is 0 Å². The summed E-state index contributed by atoms with van der Waals surface area (Å²) >= 11 is 0. The fourth-order valence-electron chi connectivity index (χ4n) is 3.17. The van der Waals surface area contributed by atoms with Gasteiger partial charge in [0.25, 0.3) is 0 Å². The lowest BCUT2D eigenvalue weighted by Crippen LogP contribution is -2.56. The number of nitrogens with two attached hydrogens (primary N) is 1. The summed E-state index contributed by atoms with van der Waals surface area (Å²) in [5.41, 5.74) is 2.98. The molecule has 0 amide bonds. The van der Waals surface area contributed by atoms with Crippen molar-refractivity contribution in [1.29, 1.82) is 0 Å². The van der Waals surface area contributed by atoms with E-state index in [4.69, 9.17) is 10.6 Å². The Hall–Kier alpha value is -0.120. The van der Waals surface area contributed by atoms with Crippen LogP contribution in [0.4, 0.5) is 0 Å². The molecule has 1 fully saturated rings. The fraction of sp³-hybridized carbons (Fsp3) is 1.00. The van der Waals surface area contributed by atoms with Gasteiger partial charge in [0.15, 0.2) is 0 Å². The summed E-state index contributed by atoms with van der Waals surface area (Å²) in [5, 5.41) is 0. The third-order valence-corrected chi connectivity index (χ3v) is 3.84. The molecule has 3 N–H and O–H groups in total. The maximum absolute atomic E-state index is 6.10. The summed E-state index contributed by atoms with van der Waals surface area (Å²) in [5.74, 6) is 6.48. The molecule has 3 nitrogen and oxygen atoms in total. The summed E-state index contributed by atoms with van der Waals surface area (Å²) in [6, 6.07) is 0.306. The van der Waals surface area contributed by atoms with Crippen LogP contribution in [0.15, 0.2) is 0 Å². The van der Waals surface area contributed by atoms with Crippen LogP contribution < -0.4 is 11.3 Å². The molecule has 1 aliphatic rings. The molecule has 0 spiro atoms. The van der Waals surface area contributed by atoms with E-state index in [2.05, 4.69) is 26.2 Å². The molecule has 3 unspecified atom stereocenters. The highest BCUT2D eigenvalue weighted by Crippen LogP contribution is 2.38. The Labute approximate surface area is 100 Å². The SMILES string of the molecule is CCCC(NN)C1(OCC)CCCC(C)C1. The first-order valence-electron chi connectivity index (χ1n) is 6.78. The molecule has 0 radical (unpaired) electrons. The first-order valence-corrected chi connectivity index (χ1v) is 6.78. The molecule has 0 aliphatic heterocycles. The van der Waals surface area contributed by atoms with Gasteiger partial charge in [-0.05, 0) is 32.1 Å². The lowest BCUT2D eigenvalue weighted by atomic mass is 9.73. The summed E-state index contributed by atoms with van der Waals surface area (Å²) in [6.07, 6.45) is 7.15. The monoisotopic (exact) mass is 228 g/mol. The number of hydrazine groups is 1. The predicted octanol–water partition coefficient (Wildman–Crippen LogP) is 2.60. The molecule has 1 rings (SSSR count). The van der Waals surface area contributed by atoms with Gasteiger partial charge in [0.05, 0.1) is 11.6 Å². The van der Waals surface area contributed by atoms with Gasteiger partial charge in [-0.1, -0.05) is 33.1 Å². The predicted molar refractivity (Wildman–Crippen MR) is 68.0 cm³/mol. The van der Waals surface area contributed by atoms with Crippen molar-refractivity contribution in [2.75, 3.05) is 6.61 Å². The van der Waals surface area contributed by atoms with Gasteiger partial charge in [-0.3, -0.25) is 11.3 Å². The van der Waals surface area contributed by atoms with Crippen molar-refractivity contribution in [1.82, 2.24) is 5.43 Å². The molecule has 0 saturated heterocycles. The zero-order chi connectivity index (χ0) is 12.0. The number of hydrogen-bond acceptors (Lipinski definition) is 3. The molecule has 96 valence electrons. The number of rotatable bonds is 6. The summed E-state index contributed by atoms with van der Waals surface area (Å²) < 4.78 is 6.10. The van der Waals surface area contributed by atoms with Crippen LogP contribution in [0.2, 0.25) is 0 Å². The molecule has 16 heavy (non-hydrogen) atoms. The quantitative estimate of drug-likeness (QED) is 0.542. The lowest BCUT2D eigenvalue weighted by molar-refractivity contribution is -0.102. The van der Waals surface area contributed by atoms with E-state index in [1.807, 2.05) is 0 Å². The van der Waals surface area contributed by atoms with E-state index in [-0.39, 0.29) is 5.60 Å². The molecule has 1 saturated carbocycles. The van der Waals surface area contributed by atoms with Crippen molar-refractivity contribution >= 4 is 0 Å². The van der Waals surface area contributed by atoms with Gasteiger partial charge in [0, 0.05) is 6.61 Å². The van der Waals surface area contributed by atoms with Crippen LogP contribution in [0, 0.1) is 5.92 Å². The average Bonchev–Trinajstić information content (AvgIpc) is 2.26. The Morgan fingerprint density at radius 3 is 2.75 bits per heavy atom. The van der Waals surface area contributed by atoms with Crippen LogP contribution in [-0.2, 0) is 4.74 Å². The largest absolute Gasteiger partial charge is 0.374 e. The topological polar surface area (TPSA) is 47.3 Å². The van der Waals surface area contributed by atoms with Crippen molar-refractivity contribution in [2.24, 2.45) is 11.8 Å². The second-order valence-corrected chi connectivity index (χ2v) is 5.21. The van der Waals surface area contributed by atoms with E-state index >= 15 is 0 Å². The third-order valence-electron chi connectivity index (χ3n) is 3.84. The standard InChI is InChI=1S/C13H28N2O/c1-4-7-12(15-14)13(16-5-2)9-6-8-11(3)10-13/h11-12,15H,4-10,14H2,1-3H3. The highest BCUT2D eigenvalue weighted by molar-refractivity contribution is 4.96. The Morgan fingerprint density at radius 1 is 1.50 bits per heavy atom. The maximum Gasteiger partial charge on any atom is 0.0850 e. The second-order valence-electron chi connectivity index (χ2n) is 5.21. The summed E-state index contributed by atoms with van der Waals surface area (Å²) in [7, 11) is 0. The molecule has 0 aromatic heterocycles. The number of nitrogens with one attached hydrogen (secondary N) is 1. The van der Waals surface area contributed by atoms with Crippen molar-refractivity contribution < 1.29 is 4.74 Å². The number of hydrogen-bond donors (Lipinski definition) is 2. The maximum atomic E-state index is 6.10. The van der Waals surface area contributed by atoms with Gasteiger partial charge in [-0.15, -0.1) is 0 Å². The first-order chi connectivity index (χ1) is 7.68. The van der Waals surface area contributed by atoms with Crippen molar-refractivity contribution in [3.63, 3.8) is 0 Å². The van der Waals surface area contributed by atoms with Crippen LogP contribution in [-0.4, -0.2) is 18.2 Å². The van der Waals surface area contributed by atoms with Crippen molar-refractivity contribution in [3.05, 3.63) is 0 Å². The van der Waals surface area contributed by atoms with E-state index in [1.165, 1.54) is 12.8 Å². The van der Waals surface area contributed by atoms with Crippen molar-refractivity contribution in [3.8, 4) is 0 Å². The molecule has 3 heteroatoms. The van der Waals surface area contributed by atoms with Crippen molar-refractivity contribution in [2.45, 2.75) is 70.9 Å². The molecule has 0 aromatic rings. The average molecular weight is 228 g/mol. The molecule has 0 aromatic carbocycles. The van der Waals surface area contributed by atoms with Gasteiger partial charge >= 0.3 is 0 Å². The van der Waals surface area contributed by atoms with Gasteiger partial charge in [0.2, 0.25) is 0 Å². The highest BCUT2D eigenvalue weighted by Gasteiger charge is 2.41. The van der Waals surface area contributed by atoms with Gasteiger partial charge in [-0.2, -0.15) is 0 Å². The van der Waals surface area contributed by atoms with Gasteiger partial charge < -0.3 is 4.74 Å². The van der Waals surface area contributed by atoms with E-state index in [0.717, 1.165) is 38.2 Å². The zero-order valence-corrected chi connectivity index (χ0v) is 11.1. The highest BCUT2D eigenvalue weighted by atomic mass is 16.5. The van der Waals surface area contributed by atoms with E-state index in [0.29, 0.717) is 6.04 Å². The lowest BCUT2D eigenvalue weighted by Gasteiger charge is -2.45. The zero-order valence-electron chi connectivity index (χ0n) is 11.1. The van der Waals surface area contributed by atoms with Crippen LogP contribution >= 0.6 is 0 Å².